The maximum absolute atomic E-state index is 11.9. The molecule has 98 valence electrons. The van der Waals surface area contributed by atoms with E-state index in [9.17, 15) is 4.79 Å². The van der Waals surface area contributed by atoms with E-state index in [1.54, 1.807) is 0 Å². The number of benzene rings is 1. The molecular formula is C15H15NO2S. The van der Waals surface area contributed by atoms with Crippen LogP contribution in [0.15, 0.2) is 36.4 Å². The number of thiophene rings is 1. The number of aryl methyl sites for hydroxylation is 1. The number of hydrogen-bond donors (Lipinski definition) is 1. The fraction of sp³-hybridized carbons (Fsp3) is 0.267. The van der Waals surface area contributed by atoms with Crippen LogP contribution >= 0.6 is 11.3 Å². The Morgan fingerprint density at radius 1 is 1.37 bits per heavy atom. The molecule has 19 heavy (non-hydrogen) atoms. The van der Waals surface area contributed by atoms with Gasteiger partial charge >= 0.3 is 0 Å². The van der Waals surface area contributed by atoms with Gasteiger partial charge < -0.3 is 10.1 Å². The molecule has 1 unspecified atom stereocenters. The lowest BCUT2D eigenvalue weighted by molar-refractivity contribution is 0.0937. The third-order valence-electron chi connectivity index (χ3n) is 3.17. The minimum Gasteiger partial charge on any atom is -0.488 e. The Morgan fingerprint density at radius 3 is 2.95 bits per heavy atom. The van der Waals surface area contributed by atoms with Gasteiger partial charge in [0.05, 0.1) is 11.4 Å². The van der Waals surface area contributed by atoms with Crippen LogP contribution in [0.1, 0.15) is 20.1 Å². The van der Waals surface area contributed by atoms with Crippen LogP contribution in [0.4, 0.5) is 0 Å². The van der Waals surface area contributed by atoms with Crippen molar-refractivity contribution >= 4 is 17.2 Å². The number of carbonyl (C=O) groups is 1. The summed E-state index contributed by atoms with van der Waals surface area (Å²) < 4.78 is 5.79. The highest BCUT2D eigenvalue weighted by atomic mass is 32.1. The van der Waals surface area contributed by atoms with E-state index < -0.39 is 0 Å². The number of amides is 1. The smallest absolute Gasteiger partial charge is 0.261 e. The summed E-state index contributed by atoms with van der Waals surface area (Å²) >= 11 is 1.51. The summed E-state index contributed by atoms with van der Waals surface area (Å²) in [6.07, 6.45) is 0.905. The quantitative estimate of drug-likeness (QED) is 0.934. The van der Waals surface area contributed by atoms with Gasteiger partial charge in [0.1, 0.15) is 11.9 Å². The van der Waals surface area contributed by atoms with Gasteiger partial charge in [0.15, 0.2) is 0 Å². The Labute approximate surface area is 116 Å². The monoisotopic (exact) mass is 273 g/mol. The number of fused-ring (bicyclic) bond motifs is 1. The summed E-state index contributed by atoms with van der Waals surface area (Å²) in [5.41, 5.74) is 1.22. The first kappa shape index (κ1) is 12.2. The first-order valence-corrected chi connectivity index (χ1v) is 7.13. The van der Waals surface area contributed by atoms with Crippen molar-refractivity contribution in [2.24, 2.45) is 0 Å². The first-order valence-electron chi connectivity index (χ1n) is 6.31. The number of carbonyl (C=O) groups excluding carboxylic acids is 1. The first-order chi connectivity index (χ1) is 9.22. The van der Waals surface area contributed by atoms with Crippen LogP contribution in [0.25, 0.3) is 0 Å². The van der Waals surface area contributed by atoms with Gasteiger partial charge in [-0.3, -0.25) is 4.79 Å². The molecule has 1 aliphatic heterocycles. The number of hydrogen-bond acceptors (Lipinski definition) is 3. The summed E-state index contributed by atoms with van der Waals surface area (Å²) in [5, 5.41) is 2.94. The predicted molar refractivity (Wildman–Crippen MR) is 76.0 cm³/mol. The van der Waals surface area contributed by atoms with Gasteiger partial charge in [0.25, 0.3) is 5.91 Å². The van der Waals surface area contributed by atoms with E-state index in [2.05, 4.69) is 11.4 Å². The van der Waals surface area contributed by atoms with Crippen LogP contribution < -0.4 is 10.1 Å². The molecule has 1 aromatic carbocycles. The normalized spacial score (nSPS) is 16.8. The molecule has 2 aromatic rings. The topological polar surface area (TPSA) is 38.3 Å². The molecule has 1 aromatic heterocycles. The summed E-state index contributed by atoms with van der Waals surface area (Å²) in [6, 6.07) is 11.8. The van der Waals surface area contributed by atoms with E-state index in [0.29, 0.717) is 6.54 Å². The molecule has 3 rings (SSSR count). The summed E-state index contributed by atoms with van der Waals surface area (Å²) in [7, 11) is 0. The van der Waals surface area contributed by atoms with Gasteiger partial charge in [-0.15, -0.1) is 11.3 Å². The van der Waals surface area contributed by atoms with Gasteiger partial charge in [0, 0.05) is 11.3 Å². The average molecular weight is 273 g/mol. The molecule has 0 radical (unpaired) electrons. The molecule has 0 saturated carbocycles. The summed E-state index contributed by atoms with van der Waals surface area (Å²) in [4.78, 5) is 13.8. The van der Waals surface area contributed by atoms with Crippen LogP contribution in [0, 0.1) is 6.92 Å². The van der Waals surface area contributed by atoms with E-state index >= 15 is 0 Å². The zero-order valence-corrected chi connectivity index (χ0v) is 11.5. The lowest BCUT2D eigenvalue weighted by atomic mass is 10.1. The summed E-state index contributed by atoms with van der Waals surface area (Å²) in [5.74, 6) is 0.923. The Hall–Kier alpha value is -1.81. The molecule has 3 nitrogen and oxygen atoms in total. The lowest BCUT2D eigenvalue weighted by Gasteiger charge is -2.11. The highest BCUT2D eigenvalue weighted by Gasteiger charge is 2.22. The van der Waals surface area contributed by atoms with Gasteiger partial charge in [-0.2, -0.15) is 0 Å². The lowest BCUT2D eigenvalue weighted by Crippen LogP contribution is -2.34. The highest BCUT2D eigenvalue weighted by Crippen LogP contribution is 2.27. The van der Waals surface area contributed by atoms with Gasteiger partial charge in [0.2, 0.25) is 0 Å². The van der Waals surface area contributed by atoms with E-state index in [4.69, 9.17) is 4.74 Å². The molecule has 0 bridgehead atoms. The predicted octanol–water partition coefficient (Wildman–Crippen LogP) is 2.79. The fourth-order valence-corrected chi connectivity index (χ4v) is 3.00. The van der Waals surface area contributed by atoms with E-state index in [1.165, 1.54) is 16.9 Å². The van der Waals surface area contributed by atoms with Gasteiger partial charge in [-0.05, 0) is 30.7 Å². The van der Waals surface area contributed by atoms with Crippen LogP contribution in [0.2, 0.25) is 0 Å². The second-order valence-electron chi connectivity index (χ2n) is 4.67. The number of rotatable bonds is 3. The maximum atomic E-state index is 11.9. The van der Waals surface area contributed by atoms with Crippen molar-refractivity contribution in [3.05, 3.63) is 51.7 Å². The maximum Gasteiger partial charge on any atom is 0.261 e. The van der Waals surface area contributed by atoms with Crippen LogP contribution in [0.3, 0.4) is 0 Å². The molecule has 2 heterocycles. The fourth-order valence-electron chi connectivity index (χ4n) is 2.22. The second-order valence-corrected chi connectivity index (χ2v) is 5.96. The standard InChI is InChI=1S/C15H15NO2S/c1-10-6-7-14(19-10)15(17)16-9-12-8-11-4-2-3-5-13(11)18-12/h2-7,12H,8-9H2,1H3,(H,16,17). The van der Waals surface area contributed by atoms with Crippen molar-refractivity contribution in [2.45, 2.75) is 19.4 Å². The largest absolute Gasteiger partial charge is 0.488 e. The van der Waals surface area contributed by atoms with Crippen molar-refractivity contribution in [3.8, 4) is 5.75 Å². The zero-order chi connectivity index (χ0) is 13.2. The van der Waals surface area contributed by atoms with Crippen molar-refractivity contribution in [1.82, 2.24) is 5.32 Å². The Morgan fingerprint density at radius 2 is 2.21 bits per heavy atom. The molecule has 0 saturated heterocycles. The van der Waals surface area contributed by atoms with Crippen LogP contribution in [-0.4, -0.2) is 18.6 Å². The van der Waals surface area contributed by atoms with Crippen molar-refractivity contribution in [1.29, 1.82) is 0 Å². The SMILES string of the molecule is Cc1ccc(C(=O)NCC2Cc3ccccc3O2)s1. The molecule has 1 atom stereocenters. The average Bonchev–Trinajstić information content (AvgIpc) is 3.01. The third-order valence-corrected chi connectivity index (χ3v) is 4.17. The van der Waals surface area contributed by atoms with Gasteiger partial charge in [-0.1, -0.05) is 18.2 Å². The van der Waals surface area contributed by atoms with E-state index in [1.807, 2.05) is 37.3 Å². The number of para-hydroxylation sites is 1. The Kier molecular flexibility index (Phi) is 3.25. The third kappa shape index (κ3) is 2.63. The van der Waals surface area contributed by atoms with Crippen LogP contribution in [0.5, 0.6) is 5.75 Å². The van der Waals surface area contributed by atoms with Crippen molar-refractivity contribution < 1.29 is 9.53 Å². The minimum absolute atomic E-state index is 0.0161. The molecule has 1 aliphatic rings. The molecule has 0 fully saturated rings. The molecule has 4 heteroatoms. The Bertz CT molecular complexity index is 581. The van der Waals surface area contributed by atoms with Crippen molar-refractivity contribution in [3.63, 3.8) is 0 Å². The van der Waals surface area contributed by atoms with E-state index in [-0.39, 0.29) is 12.0 Å². The van der Waals surface area contributed by atoms with E-state index in [0.717, 1.165) is 21.9 Å². The number of nitrogens with one attached hydrogen (secondary N) is 1. The molecule has 1 N–H and O–H groups in total. The van der Waals surface area contributed by atoms with Crippen molar-refractivity contribution in [2.75, 3.05) is 6.54 Å². The second kappa shape index (κ2) is 5.05. The van der Waals surface area contributed by atoms with Crippen LogP contribution in [-0.2, 0) is 6.42 Å². The molecule has 0 spiro atoms. The number of ether oxygens (including phenoxy) is 1. The molecule has 0 aliphatic carbocycles. The molecule has 1 amide bonds. The zero-order valence-electron chi connectivity index (χ0n) is 10.7. The molecular weight excluding hydrogens is 258 g/mol. The summed E-state index contributed by atoms with van der Waals surface area (Å²) in [6.45, 7) is 2.54. The highest BCUT2D eigenvalue weighted by molar-refractivity contribution is 7.13. The Balaban J connectivity index is 1.56. The minimum atomic E-state index is -0.0161. The van der Waals surface area contributed by atoms with Gasteiger partial charge in [-0.25, -0.2) is 0 Å².